The molecule has 0 radical (unpaired) electrons. The van der Waals surface area contributed by atoms with Crippen molar-refractivity contribution in [2.75, 3.05) is 5.73 Å². The van der Waals surface area contributed by atoms with Crippen LogP contribution in [0.25, 0.3) is 11.0 Å². The zero-order valence-electron chi connectivity index (χ0n) is 12.5. The van der Waals surface area contributed by atoms with E-state index in [-0.39, 0.29) is 32.6 Å². The zero-order valence-corrected chi connectivity index (χ0v) is 14.1. The van der Waals surface area contributed by atoms with Crippen LogP contribution in [0.1, 0.15) is 22.7 Å². The lowest BCUT2D eigenvalue weighted by Gasteiger charge is -2.10. The highest BCUT2D eigenvalue weighted by atomic mass is 35.5. The van der Waals surface area contributed by atoms with E-state index in [0.717, 1.165) is 0 Å². The highest BCUT2D eigenvalue weighted by Gasteiger charge is 2.20. The second-order valence-corrected chi connectivity index (χ2v) is 5.93. The molecule has 3 aromatic rings. The second-order valence-electron chi connectivity index (χ2n) is 5.09. The number of carbonyl (C=O) groups excluding carboxylic acids is 1. The van der Waals surface area contributed by atoms with Crippen molar-refractivity contribution in [3.63, 3.8) is 0 Å². The molecule has 0 atom stereocenters. The van der Waals surface area contributed by atoms with E-state index in [1.165, 1.54) is 18.2 Å². The SMILES string of the molecule is Nc1c(Cl)cc(Cl)cc1C(=O)OCc1nc2ccccc2n1C(F)F. The van der Waals surface area contributed by atoms with Crippen LogP contribution in [0.2, 0.25) is 10.0 Å². The maximum Gasteiger partial charge on any atom is 0.340 e. The summed E-state index contributed by atoms with van der Waals surface area (Å²) in [5, 5.41) is 0.297. The first-order valence-corrected chi connectivity index (χ1v) is 7.79. The number of hydrogen-bond acceptors (Lipinski definition) is 4. The van der Waals surface area contributed by atoms with Crippen molar-refractivity contribution in [2.24, 2.45) is 0 Å². The predicted octanol–water partition coefficient (Wildman–Crippen LogP) is 4.68. The Morgan fingerprint density at radius 2 is 2.00 bits per heavy atom. The molecular formula is C16H11Cl2F2N3O2. The van der Waals surface area contributed by atoms with Gasteiger partial charge in [-0.3, -0.25) is 4.57 Å². The normalized spacial score (nSPS) is 11.2. The van der Waals surface area contributed by atoms with Crippen LogP contribution < -0.4 is 5.73 Å². The summed E-state index contributed by atoms with van der Waals surface area (Å²) in [5.41, 5.74) is 6.30. The summed E-state index contributed by atoms with van der Waals surface area (Å²) in [6.45, 7) is -3.28. The number of benzene rings is 2. The topological polar surface area (TPSA) is 70.1 Å². The lowest BCUT2D eigenvalue weighted by Crippen LogP contribution is -2.12. The zero-order chi connectivity index (χ0) is 18.1. The molecule has 3 rings (SSSR count). The number of para-hydroxylation sites is 2. The molecule has 0 amide bonds. The monoisotopic (exact) mass is 385 g/mol. The molecule has 1 aromatic heterocycles. The third-order valence-electron chi connectivity index (χ3n) is 3.51. The standard InChI is InChI=1S/C16H11Cl2F2N3O2/c17-8-5-9(14(21)10(18)6-8)15(24)25-7-13-22-11-3-1-2-4-12(11)23(13)16(19)20/h1-6,16H,7,21H2. The Bertz CT molecular complexity index is 960. The summed E-state index contributed by atoms with van der Waals surface area (Å²) in [4.78, 5) is 16.3. The van der Waals surface area contributed by atoms with Crippen molar-refractivity contribution in [1.29, 1.82) is 0 Å². The fourth-order valence-corrected chi connectivity index (χ4v) is 2.87. The summed E-state index contributed by atoms with van der Waals surface area (Å²) < 4.78 is 32.4. The van der Waals surface area contributed by atoms with Crippen LogP contribution in [0.4, 0.5) is 14.5 Å². The summed E-state index contributed by atoms with van der Waals surface area (Å²) in [6.07, 6.45) is 0. The first kappa shape index (κ1) is 17.4. The van der Waals surface area contributed by atoms with Crippen LogP contribution in [0.3, 0.4) is 0 Å². The Balaban J connectivity index is 1.88. The van der Waals surface area contributed by atoms with Gasteiger partial charge in [-0.25, -0.2) is 9.78 Å². The maximum atomic E-state index is 13.3. The average Bonchev–Trinajstić information content (AvgIpc) is 2.94. The van der Waals surface area contributed by atoms with Crippen LogP contribution in [-0.2, 0) is 11.3 Å². The Kier molecular flexibility index (Phi) is 4.78. The van der Waals surface area contributed by atoms with Crippen molar-refractivity contribution < 1.29 is 18.3 Å². The number of alkyl halides is 2. The summed E-state index contributed by atoms with van der Waals surface area (Å²) >= 11 is 11.7. The van der Waals surface area contributed by atoms with Gasteiger partial charge in [-0.2, -0.15) is 8.78 Å². The van der Waals surface area contributed by atoms with Gasteiger partial charge in [-0.15, -0.1) is 0 Å². The van der Waals surface area contributed by atoms with Gasteiger partial charge in [0.1, 0.15) is 6.61 Å². The van der Waals surface area contributed by atoms with E-state index in [4.69, 9.17) is 33.7 Å². The van der Waals surface area contributed by atoms with Gasteiger partial charge < -0.3 is 10.5 Å². The van der Waals surface area contributed by atoms with Crippen LogP contribution >= 0.6 is 23.2 Å². The molecule has 5 nitrogen and oxygen atoms in total. The molecule has 0 bridgehead atoms. The molecule has 2 aromatic carbocycles. The van der Waals surface area contributed by atoms with E-state index in [1.54, 1.807) is 18.2 Å². The molecule has 0 aliphatic heterocycles. The number of imidazole rings is 1. The smallest absolute Gasteiger partial charge is 0.340 e. The number of halogens is 4. The van der Waals surface area contributed by atoms with Gasteiger partial charge in [-0.05, 0) is 24.3 Å². The van der Waals surface area contributed by atoms with Gasteiger partial charge in [0.15, 0.2) is 5.82 Å². The van der Waals surface area contributed by atoms with Gasteiger partial charge in [0.2, 0.25) is 0 Å². The largest absolute Gasteiger partial charge is 0.454 e. The number of carbonyl (C=O) groups is 1. The van der Waals surface area contributed by atoms with Crippen molar-refractivity contribution in [3.05, 3.63) is 57.8 Å². The first-order valence-electron chi connectivity index (χ1n) is 7.04. The van der Waals surface area contributed by atoms with Crippen molar-refractivity contribution in [1.82, 2.24) is 9.55 Å². The summed E-state index contributed by atoms with van der Waals surface area (Å²) in [7, 11) is 0. The van der Waals surface area contributed by atoms with E-state index in [1.807, 2.05) is 0 Å². The Morgan fingerprint density at radius 3 is 2.72 bits per heavy atom. The van der Waals surface area contributed by atoms with E-state index in [0.29, 0.717) is 10.1 Å². The number of nitrogens with zero attached hydrogens (tertiary/aromatic N) is 2. The number of ether oxygens (including phenoxy) is 1. The molecule has 9 heteroatoms. The van der Waals surface area contributed by atoms with Gasteiger partial charge in [0.05, 0.1) is 27.3 Å². The third kappa shape index (κ3) is 3.38. The first-order chi connectivity index (χ1) is 11.9. The predicted molar refractivity (Wildman–Crippen MR) is 91.0 cm³/mol. The van der Waals surface area contributed by atoms with Crippen LogP contribution in [0, 0.1) is 0 Å². The number of aromatic nitrogens is 2. The summed E-state index contributed by atoms with van der Waals surface area (Å²) in [5.74, 6) is -0.925. The van der Waals surface area contributed by atoms with E-state index >= 15 is 0 Å². The molecule has 25 heavy (non-hydrogen) atoms. The van der Waals surface area contributed by atoms with Crippen molar-refractivity contribution in [2.45, 2.75) is 13.2 Å². The molecule has 0 spiro atoms. The molecular weight excluding hydrogens is 375 g/mol. The van der Waals surface area contributed by atoms with Crippen LogP contribution in [0.5, 0.6) is 0 Å². The van der Waals surface area contributed by atoms with E-state index in [9.17, 15) is 13.6 Å². The highest BCUT2D eigenvalue weighted by molar-refractivity contribution is 6.37. The average molecular weight is 386 g/mol. The molecule has 0 fully saturated rings. The summed E-state index contributed by atoms with van der Waals surface area (Å²) in [6, 6.07) is 9.07. The number of anilines is 1. The Morgan fingerprint density at radius 1 is 1.28 bits per heavy atom. The number of esters is 1. The number of hydrogen-bond donors (Lipinski definition) is 1. The van der Waals surface area contributed by atoms with Crippen LogP contribution in [-0.4, -0.2) is 15.5 Å². The minimum atomic E-state index is -2.83. The van der Waals surface area contributed by atoms with Gasteiger partial charge in [0, 0.05) is 5.02 Å². The minimum absolute atomic E-state index is 0.00145. The molecule has 0 aliphatic rings. The second kappa shape index (κ2) is 6.85. The van der Waals surface area contributed by atoms with Crippen LogP contribution in [0.15, 0.2) is 36.4 Å². The minimum Gasteiger partial charge on any atom is -0.454 e. The number of nitrogens with two attached hydrogens (primary N) is 1. The molecule has 0 saturated carbocycles. The lowest BCUT2D eigenvalue weighted by molar-refractivity contribution is 0.0388. The number of fused-ring (bicyclic) bond motifs is 1. The van der Waals surface area contributed by atoms with Gasteiger partial charge in [0.25, 0.3) is 0 Å². The molecule has 0 aliphatic carbocycles. The highest BCUT2D eigenvalue weighted by Crippen LogP contribution is 2.29. The quantitative estimate of drug-likeness (QED) is 0.522. The molecule has 0 saturated heterocycles. The maximum absolute atomic E-state index is 13.3. The van der Waals surface area contributed by atoms with E-state index in [2.05, 4.69) is 4.98 Å². The van der Waals surface area contributed by atoms with Crippen molar-refractivity contribution in [3.8, 4) is 0 Å². The van der Waals surface area contributed by atoms with Gasteiger partial charge >= 0.3 is 12.5 Å². The molecule has 130 valence electrons. The molecule has 0 unspecified atom stereocenters. The fraction of sp³-hybridized carbons (Fsp3) is 0.125. The van der Waals surface area contributed by atoms with E-state index < -0.39 is 19.1 Å². The number of nitrogen functional groups attached to an aromatic ring is 1. The number of rotatable bonds is 4. The third-order valence-corrected chi connectivity index (χ3v) is 4.04. The Hall–Kier alpha value is -2.38. The molecule has 1 heterocycles. The lowest BCUT2D eigenvalue weighted by atomic mass is 10.2. The van der Waals surface area contributed by atoms with Gasteiger partial charge in [-0.1, -0.05) is 35.3 Å². The Labute approximate surface area is 150 Å². The van der Waals surface area contributed by atoms with Crippen molar-refractivity contribution >= 4 is 45.9 Å². The fourth-order valence-electron chi connectivity index (χ4n) is 2.38. The molecule has 2 N–H and O–H groups in total.